The Morgan fingerprint density at radius 3 is 1.54 bits per heavy atom. The molecule has 0 saturated carbocycles. The molecule has 0 aliphatic rings. The number of carbonyl (C=O) groups excluding carboxylic acids is 4. The van der Waals surface area contributed by atoms with E-state index in [0.717, 1.165) is 0 Å². The molecule has 0 aliphatic heterocycles. The van der Waals surface area contributed by atoms with Crippen molar-refractivity contribution in [2.45, 2.75) is 75.7 Å². The quantitative estimate of drug-likeness (QED) is 0.0401. The van der Waals surface area contributed by atoms with Crippen molar-refractivity contribution >= 4 is 41.5 Å². The summed E-state index contributed by atoms with van der Waals surface area (Å²) < 4.78 is 0. The molecule has 0 rings (SSSR count). The molecule has 222 valence electrons. The highest BCUT2D eigenvalue weighted by Crippen LogP contribution is 2.06. The highest BCUT2D eigenvalue weighted by molar-refractivity contribution is 5.94. The number of aliphatic carboxylic acids is 1. The molecule has 18 nitrogen and oxygen atoms in total. The number of aliphatic hydroxyl groups excluding tert-OH is 1. The number of nitrogens with two attached hydrogens (primary N) is 6. The molecule has 0 aromatic rings. The van der Waals surface area contributed by atoms with Crippen LogP contribution in [0.25, 0.3) is 0 Å². The molecule has 0 aromatic carbocycles. The van der Waals surface area contributed by atoms with Gasteiger partial charge in [0.2, 0.25) is 23.6 Å². The molecule has 0 fully saturated rings. The van der Waals surface area contributed by atoms with Gasteiger partial charge in [-0.1, -0.05) is 0 Å². The molecular weight excluding hydrogens is 518 g/mol. The van der Waals surface area contributed by atoms with Gasteiger partial charge in [0.1, 0.15) is 24.2 Å². The van der Waals surface area contributed by atoms with Gasteiger partial charge >= 0.3 is 5.97 Å². The standard InChI is InChI=1S/C21H41N11O7/c1-10(33)15(23)18(37)31-11(4-2-8-28-20(24)25)16(35)30-12(6-7-14(22)34)17(36)32-13(19(38)39)5-3-9-29-21(26)27/h10-13,15,33H,2-9,23H2,1H3,(H2,22,34)(H,30,35)(H,31,37)(H,32,36)(H,38,39)(H4,24,25,28)(H4,26,27,29). The summed E-state index contributed by atoms with van der Waals surface area (Å²) >= 11 is 0. The number of guanidine groups is 2. The summed E-state index contributed by atoms with van der Waals surface area (Å²) in [7, 11) is 0. The van der Waals surface area contributed by atoms with E-state index in [1.54, 1.807) is 0 Å². The van der Waals surface area contributed by atoms with Crippen molar-refractivity contribution in [2.75, 3.05) is 13.1 Å². The highest BCUT2D eigenvalue weighted by Gasteiger charge is 2.31. The molecule has 5 unspecified atom stereocenters. The normalized spacial score (nSPS) is 14.4. The van der Waals surface area contributed by atoms with Crippen molar-refractivity contribution in [1.29, 1.82) is 0 Å². The van der Waals surface area contributed by atoms with Gasteiger partial charge in [0.25, 0.3) is 0 Å². The van der Waals surface area contributed by atoms with E-state index in [0.29, 0.717) is 0 Å². The average Bonchev–Trinajstić information content (AvgIpc) is 2.83. The second kappa shape index (κ2) is 18.1. The lowest BCUT2D eigenvalue weighted by molar-refractivity contribution is -0.142. The van der Waals surface area contributed by atoms with E-state index in [9.17, 15) is 34.2 Å². The first kappa shape index (κ1) is 34.8. The number of nitrogens with zero attached hydrogens (tertiary/aromatic N) is 2. The maximum absolute atomic E-state index is 13.1. The van der Waals surface area contributed by atoms with Crippen molar-refractivity contribution in [3.63, 3.8) is 0 Å². The molecule has 5 atom stereocenters. The largest absolute Gasteiger partial charge is 0.480 e. The Kier molecular flexibility index (Phi) is 16.2. The maximum Gasteiger partial charge on any atom is 0.326 e. The second-order valence-corrected chi connectivity index (χ2v) is 8.69. The van der Waals surface area contributed by atoms with Gasteiger partial charge in [-0.2, -0.15) is 0 Å². The lowest BCUT2D eigenvalue weighted by Gasteiger charge is -2.25. The minimum atomic E-state index is -1.38. The minimum Gasteiger partial charge on any atom is -0.480 e. The third-order valence-corrected chi connectivity index (χ3v) is 5.27. The number of carbonyl (C=O) groups is 5. The smallest absolute Gasteiger partial charge is 0.326 e. The Labute approximate surface area is 225 Å². The molecule has 0 spiro atoms. The Morgan fingerprint density at radius 2 is 1.13 bits per heavy atom. The fourth-order valence-corrected chi connectivity index (χ4v) is 3.12. The number of rotatable bonds is 19. The van der Waals surface area contributed by atoms with E-state index in [1.807, 2.05) is 0 Å². The van der Waals surface area contributed by atoms with E-state index in [1.165, 1.54) is 6.92 Å². The van der Waals surface area contributed by atoms with E-state index in [2.05, 4.69) is 25.9 Å². The monoisotopic (exact) mass is 559 g/mol. The first-order chi connectivity index (χ1) is 18.1. The molecule has 4 amide bonds. The highest BCUT2D eigenvalue weighted by atomic mass is 16.4. The van der Waals surface area contributed by atoms with E-state index >= 15 is 0 Å². The number of nitrogens with one attached hydrogen (secondary N) is 3. The molecule has 0 aromatic heterocycles. The summed E-state index contributed by atoms with van der Waals surface area (Å²) in [5.74, 6) is -5.03. The number of aliphatic imine (C=N–C) groups is 2. The van der Waals surface area contributed by atoms with Crippen LogP contribution >= 0.6 is 0 Å². The number of primary amides is 1. The number of hydrogen-bond donors (Lipinski definition) is 11. The summed E-state index contributed by atoms with van der Waals surface area (Å²) in [6.45, 7) is 1.54. The zero-order valence-corrected chi connectivity index (χ0v) is 21.8. The predicted molar refractivity (Wildman–Crippen MR) is 141 cm³/mol. The minimum absolute atomic E-state index is 0.00752. The Hall–Kier alpha value is -4.19. The Bertz CT molecular complexity index is 903. The van der Waals surface area contributed by atoms with Crippen molar-refractivity contribution < 1.29 is 34.2 Å². The van der Waals surface area contributed by atoms with Gasteiger partial charge in [-0.15, -0.1) is 0 Å². The van der Waals surface area contributed by atoms with Crippen LogP contribution < -0.4 is 50.4 Å². The Balaban J connectivity index is 5.67. The number of carboxylic acids is 1. The van der Waals surface area contributed by atoms with Crippen LogP contribution in [-0.2, 0) is 24.0 Å². The summed E-state index contributed by atoms with van der Waals surface area (Å²) in [4.78, 5) is 68.9. The van der Waals surface area contributed by atoms with Gasteiger partial charge in [0.05, 0.1) is 6.10 Å². The number of amides is 4. The molecule has 0 heterocycles. The zero-order chi connectivity index (χ0) is 30.1. The van der Waals surface area contributed by atoms with Gasteiger partial charge in [0, 0.05) is 19.5 Å². The fraction of sp³-hybridized carbons (Fsp3) is 0.667. The Morgan fingerprint density at radius 1 is 0.718 bits per heavy atom. The van der Waals surface area contributed by atoms with Gasteiger partial charge < -0.3 is 60.6 Å². The van der Waals surface area contributed by atoms with Crippen LogP contribution in [0.15, 0.2) is 9.98 Å². The first-order valence-corrected chi connectivity index (χ1v) is 12.1. The first-order valence-electron chi connectivity index (χ1n) is 12.1. The topological polar surface area (TPSA) is 343 Å². The van der Waals surface area contributed by atoms with Crippen LogP contribution in [0.1, 0.15) is 45.4 Å². The lowest BCUT2D eigenvalue weighted by Crippen LogP contribution is -2.58. The molecular formula is C21H41N11O7. The summed E-state index contributed by atoms with van der Waals surface area (Å²) in [5.41, 5.74) is 31.9. The van der Waals surface area contributed by atoms with Crippen molar-refractivity contribution in [3.05, 3.63) is 0 Å². The maximum atomic E-state index is 13.1. The van der Waals surface area contributed by atoms with Crippen LogP contribution in [0.4, 0.5) is 0 Å². The lowest BCUT2D eigenvalue weighted by atomic mass is 10.1. The van der Waals surface area contributed by atoms with Gasteiger partial charge in [-0.05, 0) is 39.0 Å². The van der Waals surface area contributed by atoms with Crippen LogP contribution in [0, 0.1) is 0 Å². The fourth-order valence-electron chi connectivity index (χ4n) is 3.12. The van der Waals surface area contributed by atoms with Gasteiger partial charge in [-0.25, -0.2) is 4.79 Å². The van der Waals surface area contributed by atoms with E-state index in [4.69, 9.17) is 34.4 Å². The van der Waals surface area contributed by atoms with E-state index < -0.39 is 59.9 Å². The number of carboxylic acid groups (broad SMARTS) is 1. The van der Waals surface area contributed by atoms with Crippen LogP contribution in [-0.4, -0.2) is 95.1 Å². The van der Waals surface area contributed by atoms with Crippen LogP contribution in [0.3, 0.4) is 0 Å². The average molecular weight is 560 g/mol. The molecule has 0 saturated heterocycles. The molecule has 17 N–H and O–H groups in total. The molecule has 0 aliphatic carbocycles. The third kappa shape index (κ3) is 15.6. The zero-order valence-electron chi connectivity index (χ0n) is 21.8. The van der Waals surface area contributed by atoms with Gasteiger partial charge in [0.15, 0.2) is 11.9 Å². The van der Waals surface area contributed by atoms with Crippen molar-refractivity contribution in [2.24, 2.45) is 44.4 Å². The van der Waals surface area contributed by atoms with Gasteiger partial charge in [-0.3, -0.25) is 29.2 Å². The summed E-state index contributed by atoms with van der Waals surface area (Å²) in [6, 6.07) is -5.32. The summed E-state index contributed by atoms with van der Waals surface area (Å²) in [5, 5.41) is 26.2. The molecule has 18 heteroatoms. The van der Waals surface area contributed by atoms with Crippen LogP contribution in [0.5, 0.6) is 0 Å². The van der Waals surface area contributed by atoms with Crippen molar-refractivity contribution in [3.8, 4) is 0 Å². The van der Waals surface area contributed by atoms with E-state index in [-0.39, 0.29) is 63.5 Å². The molecule has 39 heavy (non-hydrogen) atoms. The number of hydrogen-bond acceptors (Lipinski definition) is 9. The second-order valence-electron chi connectivity index (χ2n) is 8.69. The van der Waals surface area contributed by atoms with Crippen LogP contribution in [0.2, 0.25) is 0 Å². The van der Waals surface area contributed by atoms with Crippen molar-refractivity contribution in [1.82, 2.24) is 16.0 Å². The molecule has 0 bridgehead atoms. The predicted octanol–water partition coefficient (Wildman–Crippen LogP) is -5.39. The number of aliphatic hydroxyl groups is 1. The SMILES string of the molecule is CC(O)C(N)C(=O)NC(CCCN=C(N)N)C(=O)NC(CCC(N)=O)C(=O)NC(CCCN=C(N)N)C(=O)O. The third-order valence-electron chi connectivity index (χ3n) is 5.27. The summed E-state index contributed by atoms with van der Waals surface area (Å²) in [6.07, 6.45) is -1.35. The molecule has 0 radical (unpaired) electrons.